The molecule has 176 valence electrons. The van der Waals surface area contributed by atoms with Gasteiger partial charge in [-0.1, -0.05) is 25.6 Å². The Bertz CT molecular complexity index is 1290. The summed E-state index contributed by atoms with van der Waals surface area (Å²) in [7, 11) is 1.83. The van der Waals surface area contributed by atoms with E-state index in [2.05, 4.69) is 34.8 Å². The summed E-state index contributed by atoms with van der Waals surface area (Å²) in [5.41, 5.74) is 4.53. The molecule has 2 heterocycles. The predicted molar refractivity (Wildman–Crippen MR) is 123 cm³/mol. The number of imidazole rings is 1. The zero-order chi connectivity index (χ0) is 24.3. The van der Waals surface area contributed by atoms with Crippen LogP contribution in [0.1, 0.15) is 49.7 Å². The first-order valence-electron chi connectivity index (χ1n) is 11.5. The SMILES string of the molecule is CCN(C[C@@]12CC[C@@H](C3=C=C1N=NC(c1c(F)cccc1F)=C3)C2(C)C)C(=O)c1cn(C)cn1. The standard InChI is InChI=1S/C26H27F2N5O/c1-5-33(24(34)21-13-32(4)15-29-21)14-26-10-9-17(25(26,2)3)16-11-20(30-31-22(26)12-16)23-18(27)7-6-8-19(23)28/h6-8,11,13,15,17H,5,9-10,14H2,1-4H3/t17-,26-/m0/s1. The minimum absolute atomic E-state index is 0.105. The van der Waals surface area contributed by atoms with Crippen LogP contribution in [0.4, 0.5) is 8.78 Å². The number of halogens is 2. The fraction of sp³-hybridized carbons (Fsp3) is 0.423. The molecule has 1 aromatic carbocycles. The van der Waals surface area contributed by atoms with E-state index in [4.69, 9.17) is 0 Å². The molecule has 2 aromatic rings. The van der Waals surface area contributed by atoms with Crippen LogP contribution in [-0.4, -0.2) is 33.4 Å². The maximum Gasteiger partial charge on any atom is 0.274 e. The molecule has 0 radical (unpaired) electrons. The van der Waals surface area contributed by atoms with Crippen LogP contribution in [0.15, 0.2) is 64.0 Å². The third-order valence-electron chi connectivity index (χ3n) is 7.88. The lowest BCUT2D eigenvalue weighted by atomic mass is 9.59. The molecule has 34 heavy (non-hydrogen) atoms. The van der Waals surface area contributed by atoms with Crippen molar-refractivity contribution in [1.82, 2.24) is 14.5 Å². The lowest BCUT2D eigenvalue weighted by molar-refractivity contribution is 0.0471. The molecule has 0 spiro atoms. The van der Waals surface area contributed by atoms with Crippen molar-refractivity contribution in [3.05, 3.63) is 76.7 Å². The van der Waals surface area contributed by atoms with Gasteiger partial charge in [-0.3, -0.25) is 4.79 Å². The average molecular weight is 464 g/mol. The van der Waals surface area contributed by atoms with Gasteiger partial charge in [-0.2, -0.15) is 0 Å². The Balaban J connectivity index is 1.55. The largest absolute Gasteiger partial charge is 0.340 e. The van der Waals surface area contributed by atoms with E-state index in [9.17, 15) is 13.6 Å². The van der Waals surface area contributed by atoms with Crippen LogP contribution in [0.25, 0.3) is 5.70 Å². The third-order valence-corrected chi connectivity index (χ3v) is 7.88. The van der Waals surface area contributed by atoms with Gasteiger partial charge in [-0.05, 0) is 49.3 Å². The van der Waals surface area contributed by atoms with Crippen LogP contribution >= 0.6 is 0 Å². The van der Waals surface area contributed by atoms with Crippen LogP contribution < -0.4 is 0 Å². The van der Waals surface area contributed by atoms with Crippen LogP contribution in [0.5, 0.6) is 0 Å². The number of nitrogens with zero attached hydrogens (tertiary/aromatic N) is 5. The van der Waals surface area contributed by atoms with Crippen molar-refractivity contribution in [2.75, 3.05) is 13.1 Å². The maximum absolute atomic E-state index is 14.5. The smallest absolute Gasteiger partial charge is 0.274 e. The number of hydrogen-bond donors (Lipinski definition) is 0. The molecule has 0 N–H and O–H groups in total. The molecule has 5 rings (SSSR count). The topological polar surface area (TPSA) is 62.9 Å². The van der Waals surface area contributed by atoms with Gasteiger partial charge in [0.1, 0.15) is 23.0 Å². The molecule has 8 heteroatoms. The fourth-order valence-corrected chi connectivity index (χ4v) is 5.82. The van der Waals surface area contributed by atoms with E-state index in [0.29, 0.717) is 24.5 Å². The van der Waals surface area contributed by atoms with Gasteiger partial charge >= 0.3 is 0 Å². The van der Waals surface area contributed by atoms with Crippen LogP contribution in [0.2, 0.25) is 0 Å². The number of rotatable bonds is 5. The Labute approximate surface area is 197 Å². The van der Waals surface area contributed by atoms with Crippen molar-refractivity contribution in [2.45, 2.75) is 33.6 Å². The number of carbonyl (C=O) groups excluding carboxylic acids is 1. The third kappa shape index (κ3) is 3.20. The first kappa shape index (κ1) is 22.4. The summed E-state index contributed by atoms with van der Waals surface area (Å²) >= 11 is 0. The number of carbonyl (C=O) groups is 1. The molecule has 0 saturated heterocycles. The van der Waals surface area contributed by atoms with E-state index >= 15 is 0 Å². The first-order valence-corrected chi connectivity index (χ1v) is 11.5. The number of hydrogen-bond acceptors (Lipinski definition) is 4. The van der Waals surface area contributed by atoms with Crippen molar-refractivity contribution in [1.29, 1.82) is 0 Å². The normalized spacial score (nSPS) is 24.3. The van der Waals surface area contributed by atoms with E-state index in [1.807, 2.05) is 14.0 Å². The van der Waals surface area contributed by atoms with Crippen molar-refractivity contribution >= 4 is 11.6 Å². The van der Waals surface area contributed by atoms with Crippen molar-refractivity contribution in [2.24, 2.45) is 34.0 Å². The molecule has 2 aliphatic carbocycles. The lowest BCUT2D eigenvalue weighted by Gasteiger charge is -2.47. The summed E-state index contributed by atoms with van der Waals surface area (Å²) in [6.45, 7) is 7.28. The highest BCUT2D eigenvalue weighted by molar-refractivity contribution is 5.92. The van der Waals surface area contributed by atoms with Crippen LogP contribution in [0, 0.1) is 28.4 Å². The number of benzene rings is 1. The zero-order valence-corrected chi connectivity index (χ0v) is 19.8. The molecule has 1 amide bonds. The number of amides is 1. The summed E-state index contributed by atoms with van der Waals surface area (Å²) in [5.74, 6) is -1.38. The van der Waals surface area contributed by atoms with Crippen molar-refractivity contribution in [3.8, 4) is 0 Å². The molecule has 4 bridgehead atoms. The number of azo groups is 1. The van der Waals surface area contributed by atoms with Crippen molar-refractivity contribution < 1.29 is 13.6 Å². The number of aryl methyl sites for hydroxylation is 1. The highest BCUT2D eigenvalue weighted by Gasteiger charge is 2.60. The lowest BCUT2D eigenvalue weighted by Crippen LogP contribution is -2.49. The van der Waals surface area contributed by atoms with E-state index in [-0.39, 0.29) is 28.5 Å². The van der Waals surface area contributed by atoms with Gasteiger partial charge in [0.25, 0.3) is 5.91 Å². The molecule has 1 fully saturated rings. The second kappa shape index (κ2) is 7.84. The minimum Gasteiger partial charge on any atom is -0.340 e. The Morgan fingerprint density at radius 2 is 2.00 bits per heavy atom. The molecular formula is C26H27F2N5O. The molecule has 1 aliphatic heterocycles. The average Bonchev–Trinajstić information content (AvgIpc) is 3.19. The molecule has 6 nitrogen and oxygen atoms in total. The summed E-state index contributed by atoms with van der Waals surface area (Å²) < 4.78 is 30.8. The van der Waals surface area contributed by atoms with Gasteiger partial charge < -0.3 is 9.47 Å². The molecule has 1 saturated carbocycles. The highest BCUT2D eigenvalue weighted by Crippen LogP contribution is 2.65. The summed E-state index contributed by atoms with van der Waals surface area (Å²) in [5, 5.41) is 8.80. The number of aromatic nitrogens is 2. The van der Waals surface area contributed by atoms with Gasteiger partial charge in [0.05, 0.1) is 17.6 Å². The van der Waals surface area contributed by atoms with E-state index in [1.165, 1.54) is 18.2 Å². The quantitative estimate of drug-likeness (QED) is 0.549. The van der Waals surface area contributed by atoms with Crippen molar-refractivity contribution in [3.63, 3.8) is 0 Å². The van der Waals surface area contributed by atoms with E-state index < -0.39 is 17.0 Å². The van der Waals surface area contributed by atoms with Gasteiger partial charge in [-0.25, -0.2) is 13.8 Å². The Hall–Kier alpha value is -3.38. The number of allylic oxidation sites excluding steroid dienone is 1. The Morgan fingerprint density at radius 3 is 2.65 bits per heavy atom. The second-order valence-electron chi connectivity index (χ2n) is 9.89. The first-order chi connectivity index (χ1) is 16.2. The van der Waals surface area contributed by atoms with Crippen LogP contribution in [-0.2, 0) is 7.05 Å². The van der Waals surface area contributed by atoms with E-state index in [0.717, 1.165) is 18.4 Å². The molecule has 0 unspecified atom stereocenters. The van der Waals surface area contributed by atoms with Gasteiger partial charge in [0.2, 0.25) is 0 Å². The monoisotopic (exact) mass is 463 g/mol. The summed E-state index contributed by atoms with van der Waals surface area (Å²) in [6, 6.07) is 3.77. The minimum atomic E-state index is -0.676. The van der Waals surface area contributed by atoms with Gasteiger partial charge in [-0.15, -0.1) is 10.2 Å². The highest BCUT2D eigenvalue weighted by atomic mass is 19.1. The summed E-state index contributed by atoms with van der Waals surface area (Å²) in [6.07, 6.45) is 6.73. The van der Waals surface area contributed by atoms with Gasteiger partial charge in [0, 0.05) is 37.3 Å². The van der Waals surface area contributed by atoms with Gasteiger partial charge in [0.15, 0.2) is 0 Å². The summed E-state index contributed by atoms with van der Waals surface area (Å²) in [4.78, 5) is 19.3. The molecule has 2 atom stereocenters. The molecular weight excluding hydrogens is 436 g/mol. The Kier molecular flexibility index (Phi) is 5.17. The zero-order valence-electron chi connectivity index (χ0n) is 19.8. The molecule has 3 aliphatic rings. The Morgan fingerprint density at radius 1 is 1.26 bits per heavy atom. The van der Waals surface area contributed by atoms with E-state index in [1.54, 1.807) is 28.1 Å². The number of fused-ring (bicyclic) bond motifs is 4. The maximum atomic E-state index is 14.5. The molecule has 1 aromatic heterocycles. The van der Waals surface area contributed by atoms with Crippen LogP contribution in [0.3, 0.4) is 0 Å². The fourth-order valence-electron chi connectivity index (χ4n) is 5.82. The second-order valence-corrected chi connectivity index (χ2v) is 9.89. The predicted octanol–water partition coefficient (Wildman–Crippen LogP) is 5.51.